The Kier molecular flexibility index (Phi) is 7.11. The SMILES string of the molecule is C=C(CCNC(=O)COC1CC(OC(F)(F)F)C1)n1cnc(-c2ccc(F)cc2C)c1. The van der Waals surface area contributed by atoms with Crippen LogP contribution >= 0.6 is 0 Å². The van der Waals surface area contributed by atoms with Gasteiger partial charge in [-0.2, -0.15) is 0 Å². The Bertz CT molecular complexity index is 936. The van der Waals surface area contributed by atoms with E-state index in [9.17, 15) is 22.4 Å². The summed E-state index contributed by atoms with van der Waals surface area (Å²) in [5.41, 5.74) is 2.97. The van der Waals surface area contributed by atoms with Crippen LogP contribution in [-0.4, -0.2) is 47.2 Å². The van der Waals surface area contributed by atoms with E-state index in [1.54, 1.807) is 30.1 Å². The van der Waals surface area contributed by atoms with Gasteiger partial charge in [0.1, 0.15) is 12.4 Å². The number of hydrogen-bond acceptors (Lipinski definition) is 4. The van der Waals surface area contributed by atoms with Gasteiger partial charge >= 0.3 is 6.36 Å². The third kappa shape index (κ3) is 6.63. The number of ether oxygens (including phenoxy) is 2. The van der Waals surface area contributed by atoms with Crippen molar-refractivity contribution in [1.29, 1.82) is 0 Å². The van der Waals surface area contributed by atoms with Gasteiger partial charge < -0.3 is 14.6 Å². The highest BCUT2D eigenvalue weighted by Gasteiger charge is 2.40. The Morgan fingerprint density at radius 1 is 1.32 bits per heavy atom. The summed E-state index contributed by atoms with van der Waals surface area (Å²) in [7, 11) is 0. The third-order valence-electron chi connectivity index (χ3n) is 4.95. The van der Waals surface area contributed by atoms with Gasteiger partial charge in [-0.05, 0) is 30.7 Å². The molecule has 1 aromatic carbocycles. The first-order valence-electron chi connectivity index (χ1n) is 9.72. The normalized spacial score (nSPS) is 18.5. The van der Waals surface area contributed by atoms with E-state index >= 15 is 0 Å². The lowest BCUT2D eigenvalue weighted by Crippen LogP contribution is -2.42. The molecule has 168 valence electrons. The summed E-state index contributed by atoms with van der Waals surface area (Å²) in [6.07, 6.45) is -1.91. The van der Waals surface area contributed by atoms with Crippen molar-refractivity contribution < 1.29 is 31.8 Å². The molecule has 1 aromatic heterocycles. The molecule has 1 fully saturated rings. The molecule has 1 N–H and O–H groups in total. The van der Waals surface area contributed by atoms with E-state index in [0.717, 1.165) is 11.1 Å². The highest BCUT2D eigenvalue weighted by atomic mass is 19.4. The van der Waals surface area contributed by atoms with E-state index in [1.165, 1.54) is 12.1 Å². The number of nitrogens with one attached hydrogen (secondary N) is 1. The molecule has 6 nitrogen and oxygen atoms in total. The highest BCUT2D eigenvalue weighted by molar-refractivity contribution is 5.77. The fraction of sp³-hybridized carbons (Fsp3) is 0.429. The lowest BCUT2D eigenvalue weighted by molar-refractivity contribution is -0.357. The second-order valence-electron chi connectivity index (χ2n) is 7.38. The summed E-state index contributed by atoms with van der Waals surface area (Å²) >= 11 is 0. The number of benzene rings is 1. The van der Waals surface area contributed by atoms with E-state index in [-0.39, 0.29) is 31.2 Å². The average Bonchev–Trinajstić information content (AvgIpc) is 3.12. The Balaban J connectivity index is 1.36. The summed E-state index contributed by atoms with van der Waals surface area (Å²) in [6, 6.07) is 4.48. The first-order valence-corrected chi connectivity index (χ1v) is 9.72. The van der Waals surface area contributed by atoms with Crippen LogP contribution in [0.3, 0.4) is 0 Å². The lowest BCUT2D eigenvalue weighted by Gasteiger charge is -2.34. The molecule has 0 unspecified atom stereocenters. The van der Waals surface area contributed by atoms with E-state index in [0.29, 0.717) is 24.4 Å². The maximum absolute atomic E-state index is 13.3. The van der Waals surface area contributed by atoms with Crippen molar-refractivity contribution in [3.05, 3.63) is 48.7 Å². The monoisotopic (exact) mass is 441 g/mol. The molecule has 0 radical (unpaired) electrons. The van der Waals surface area contributed by atoms with Crippen LogP contribution in [-0.2, 0) is 14.3 Å². The molecular weight excluding hydrogens is 418 g/mol. The maximum atomic E-state index is 13.3. The molecule has 31 heavy (non-hydrogen) atoms. The third-order valence-corrected chi connectivity index (χ3v) is 4.95. The van der Waals surface area contributed by atoms with Crippen LogP contribution in [0.5, 0.6) is 0 Å². The van der Waals surface area contributed by atoms with Gasteiger partial charge in [0.25, 0.3) is 0 Å². The molecule has 0 spiro atoms. The highest BCUT2D eigenvalue weighted by Crippen LogP contribution is 2.32. The molecule has 1 aliphatic carbocycles. The maximum Gasteiger partial charge on any atom is 0.522 e. The Morgan fingerprint density at radius 2 is 2.06 bits per heavy atom. The number of carbonyl (C=O) groups is 1. The number of aromatic nitrogens is 2. The van der Waals surface area contributed by atoms with Crippen LogP contribution in [0.15, 0.2) is 37.3 Å². The largest absolute Gasteiger partial charge is 0.522 e. The van der Waals surface area contributed by atoms with Crippen molar-refractivity contribution >= 4 is 11.6 Å². The number of amides is 1. The van der Waals surface area contributed by atoms with Gasteiger partial charge in [0.05, 0.1) is 24.2 Å². The molecule has 0 aliphatic heterocycles. The van der Waals surface area contributed by atoms with Crippen molar-refractivity contribution in [2.24, 2.45) is 0 Å². The summed E-state index contributed by atoms with van der Waals surface area (Å²) < 4.78 is 60.3. The first-order chi connectivity index (χ1) is 14.6. The topological polar surface area (TPSA) is 65.4 Å². The number of alkyl halides is 3. The van der Waals surface area contributed by atoms with Crippen LogP contribution in [0.2, 0.25) is 0 Å². The van der Waals surface area contributed by atoms with Gasteiger partial charge in [0.2, 0.25) is 5.91 Å². The number of hydrogen-bond donors (Lipinski definition) is 1. The fourth-order valence-electron chi connectivity index (χ4n) is 3.21. The van der Waals surface area contributed by atoms with Crippen LogP contribution in [0, 0.1) is 12.7 Å². The minimum atomic E-state index is -4.65. The predicted octanol–water partition coefficient (Wildman–Crippen LogP) is 4.06. The second-order valence-corrected chi connectivity index (χ2v) is 7.38. The molecule has 1 amide bonds. The molecule has 1 heterocycles. The summed E-state index contributed by atoms with van der Waals surface area (Å²) in [5, 5.41) is 2.68. The Morgan fingerprint density at radius 3 is 2.74 bits per heavy atom. The molecular formula is C21H23F4N3O3. The van der Waals surface area contributed by atoms with Gasteiger partial charge in [-0.1, -0.05) is 6.58 Å². The number of rotatable bonds is 9. The zero-order valence-corrected chi connectivity index (χ0v) is 16.9. The minimum Gasteiger partial charge on any atom is -0.368 e. The van der Waals surface area contributed by atoms with Gasteiger partial charge in [0, 0.05) is 43.3 Å². The number of carbonyl (C=O) groups excluding carboxylic acids is 1. The zero-order chi connectivity index (χ0) is 22.6. The first kappa shape index (κ1) is 23.0. The van der Waals surface area contributed by atoms with Gasteiger partial charge in [-0.15, -0.1) is 13.2 Å². The fourth-order valence-corrected chi connectivity index (χ4v) is 3.21. The standard InChI is InChI=1S/C21H23F4N3O3/c1-13-7-15(22)3-4-18(13)19-10-28(12-27-19)14(2)5-6-26-20(29)11-30-16-8-17(9-16)31-21(23,24)25/h3-4,7,10,12,16-17H,2,5-6,8-9,11H2,1H3,(H,26,29). The minimum absolute atomic E-state index is 0.111. The number of imidazole rings is 1. The summed E-state index contributed by atoms with van der Waals surface area (Å²) in [4.78, 5) is 16.2. The predicted molar refractivity (Wildman–Crippen MR) is 105 cm³/mol. The van der Waals surface area contributed by atoms with E-state index < -0.39 is 18.6 Å². The smallest absolute Gasteiger partial charge is 0.368 e. The van der Waals surface area contributed by atoms with E-state index in [1.807, 2.05) is 0 Å². The Hall–Kier alpha value is -2.72. The van der Waals surface area contributed by atoms with Gasteiger partial charge in [-0.3, -0.25) is 9.53 Å². The summed E-state index contributed by atoms with van der Waals surface area (Å²) in [6.45, 7) is 5.86. The van der Waals surface area contributed by atoms with Crippen molar-refractivity contribution in [2.75, 3.05) is 13.2 Å². The van der Waals surface area contributed by atoms with Crippen LogP contribution in [0.4, 0.5) is 17.6 Å². The number of nitrogens with zero attached hydrogens (tertiary/aromatic N) is 2. The summed E-state index contributed by atoms with van der Waals surface area (Å²) in [5.74, 6) is -0.669. The number of aryl methyl sites for hydroxylation is 1. The van der Waals surface area contributed by atoms with E-state index in [2.05, 4.69) is 21.6 Å². The molecule has 1 saturated carbocycles. The molecule has 0 bridgehead atoms. The molecule has 2 aromatic rings. The van der Waals surface area contributed by atoms with Crippen LogP contribution < -0.4 is 5.32 Å². The molecule has 3 rings (SSSR count). The Labute approximate surface area is 176 Å². The van der Waals surface area contributed by atoms with Crippen molar-refractivity contribution in [3.63, 3.8) is 0 Å². The number of halogens is 4. The van der Waals surface area contributed by atoms with Crippen molar-refractivity contribution in [3.8, 4) is 11.3 Å². The van der Waals surface area contributed by atoms with Crippen molar-refractivity contribution in [1.82, 2.24) is 14.9 Å². The van der Waals surface area contributed by atoms with Crippen LogP contribution in [0.1, 0.15) is 24.8 Å². The molecule has 0 atom stereocenters. The average molecular weight is 441 g/mol. The van der Waals surface area contributed by atoms with Gasteiger partial charge in [-0.25, -0.2) is 9.37 Å². The second kappa shape index (κ2) is 9.61. The molecule has 10 heteroatoms. The van der Waals surface area contributed by atoms with Crippen LogP contribution in [0.25, 0.3) is 17.0 Å². The van der Waals surface area contributed by atoms with E-state index in [4.69, 9.17) is 4.74 Å². The molecule has 0 saturated heterocycles. The zero-order valence-electron chi connectivity index (χ0n) is 16.9. The molecule has 1 aliphatic rings. The quantitative estimate of drug-likeness (QED) is 0.596. The van der Waals surface area contributed by atoms with Gasteiger partial charge in [0.15, 0.2) is 0 Å². The lowest BCUT2D eigenvalue weighted by atomic mass is 9.92. The van der Waals surface area contributed by atoms with Crippen molar-refractivity contribution in [2.45, 2.75) is 44.8 Å².